The molecule has 5 aliphatic carbocycles. The van der Waals surface area contributed by atoms with Gasteiger partial charge in [0.05, 0.1) is 5.54 Å². The number of nitrogens with two attached hydrogens (primary N) is 1. The lowest BCUT2D eigenvalue weighted by Crippen LogP contribution is -2.54. The van der Waals surface area contributed by atoms with E-state index in [9.17, 15) is 4.79 Å². The number of amides is 1. The maximum Gasteiger partial charge on any atom is 0.249 e. The van der Waals surface area contributed by atoms with Crippen molar-refractivity contribution in [3.63, 3.8) is 0 Å². The van der Waals surface area contributed by atoms with Gasteiger partial charge in [-0.1, -0.05) is 31.8 Å². The van der Waals surface area contributed by atoms with Crippen molar-refractivity contribution in [2.75, 3.05) is 0 Å². The fourth-order valence-electron chi connectivity index (χ4n) is 6.99. The lowest BCUT2D eigenvalue weighted by molar-refractivity contribution is -0.147. The maximum atomic E-state index is 13.5. The molecule has 1 aromatic heterocycles. The van der Waals surface area contributed by atoms with Crippen molar-refractivity contribution in [2.24, 2.45) is 34.8 Å². The van der Waals surface area contributed by atoms with Gasteiger partial charge >= 0.3 is 0 Å². The number of nitrogens with one attached hydrogen (secondary N) is 1. The van der Waals surface area contributed by atoms with E-state index in [4.69, 9.17) is 10.3 Å². The Labute approximate surface area is 167 Å². The topological polar surface area (TPSA) is 94.0 Å². The average molecular weight is 387 g/mol. The SMILES string of the molecule is CC(C)C(NC(=O)C12CC3CC(CC(C3)C1)C2)c1nc(C2(N)CCCC2)no1. The molecule has 5 saturated carbocycles. The highest BCUT2D eigenvalue weighted by molar-refractivity contribution is 5.83. The zero-order chi connectivity index (χ0) is 19.5. The predicted octanol–water partition coefficient (Wildman–Crippen LogP) is 3.83. The Bertz CT molecular complexity index is 714. The molecule has 1 unspecified atom stereocenters. The summed E-state index contributed by atoms with van der Waals surface area (Å²) in [6.07, 6.45) is 11.2. The third kappa shape index (κ3) is 2.99. The van der Waals surface area contributed by atoms with Gasteiger partial charge in [0.2, 0.25) is 11.8 Å². The van der Waals surface area contributed by atoms with Crippen LogP contribution in [0, 0.1) is 29.1 Å². The van der Waals surface area contributed by atoms with Crippen molar-refractivity contribution in [3.8, 4) is 0 Å². The zero-order valence-corrected chi connectivity index (χ0v) is 17.2. The maximum absolute atomic E-state index is 13.5. The van der Waals surface area contributed by atoms with E-state index in [2.05, 4.69) is 29.3 Å². The molecule has 6 nitrogen and oxygen atoms in total. The predicted molar refractivity (Wildman–Crippen MR) is 105 cm³/mol. The minimum atomic E-state index is -0.465. The van der Waals surface area contributed by atoms with Crippen molar-refractivity contribution in [1.82, 2.24) is 15.5 Å². The lowest BCUT2D eigenvalue weighted by Gasteiger charge is -2.55. The first-order chi connectivity index (χ1) is 13.4. The molecule has 0 spiro atoms. The van der Waals surface area contributed by atoms with E-state index in [-0.39, 0.29) is 23.3 Å². The normalized spacial score (nSPS) is 36.8. The van der Waals surface area contributed by atoms with E-state index in [1.807, 2.05) is 0 Å². The Hall–Kier alpha value is -1.43. The van der Waals surface area contributed by atoms with Gasteiger partial charge in [-0.15, -0.1) is 0 Å². The van der Waals surface area contributed by atoms with E-state index in [1.165, 1.54) is 19.3 Å². The molecule has 0 aromatic carbocycles. The van der Waals surface area contributed by atoms with Gasteiger partial charge in [-0.05, 0) is 75.0 Å². The summed E-state index contributed by atoms with van der Waals surface area (Å²) in [5, 5.41) is 7.54. The summed E-state index contributed by atoms with van der Waals surface area (Å²) in [7, 11) is 0. The van der Waals surface area contributed by atoms with Crippen LogP contribution in [-0.2, 0) is 10.3 Å². The van der Waals surface area contributed by atoms with E-state index < -0.39 is 5.54 Å². The first kappa shape index (κ1) is 18.6. The molecule has 1 heterocycles. The molecule has 5 fully saturated rings. The van der Waals surface area contributed by atoms with Gasteiger partial charge in [-0.3, -0.25) is 4.79 Å². The molecule has 28 heavy (non-hydrogen) atoms. The number of carbonyl (C=O) groups is 1. The summed E-state index contributed by atoms with van der Waals surface area (Å²) >= 11 is 0. The highest BCUT2D eigenvalue weighted by Gasteiger charge is 2.55. The third-order valence-corrected chi connectivity index (χ3v) is 8.12. The molecule has 1 aromatic rings. The number of rotatable bonds is 5. The van der Waals surface area contributed by atoms with Crippen LogP contribution in [0.25, 0.3) is 0 Å². The van der Waals surface area contributed by atoms with Gasteiger partial charge in [0.15, 0.2) is 5.82 Å². The molecule has 154 valence electrons. The highest BCUT2D eigenvalue weighted by atomic mass is 16.5. The standard InChI is InChI=1S/C22H34N4O2/c1-13(2)17(18-25-19(26-28-18)22(23)5-3-4-6-22)24-20(27)21-10-14-7-15(11-21)9-16(8-14)12-21/h13-17H,3-12,23H2,1-2H3,(H,24,27). The van der Waals surface area contributed by atoms with Gasteiger partial charge in [0, 0.05) is 5.41 Å². The van der Waals surface area contributed by atoms with Crippen molar-refractivity contribution < 1.29 is 9.32 Å². The second kappa shape index (κ2) is 6.54. The zero-order valence-electron chi connectivity index (χ0n) is 17.2. The molecule has 4 bridgehead atoms. The Balaban J connectivity index is 1.35. The van der Waals surface area contributed by atoms with Gasteiger partial charge < -0.3 is 15.6 Å². The van der Waals surface area contributed by atoms with Crippen LogP contribution in [0.15, 0.2) is 4.52 Å². The fraction of sp³-hybridized carbons (Fsp3) is 0.864. The van der Waals surface area contributed by atoms with Gasteiger partial charge in [-0.25, -0.2) is 0 Å². The molecule has 6 rings (SSSR count). The van der Waals surface area contributed by atoms with Crippen molar-refractivity contribution in [3.05, 3.63) is 11.7 Å². The van der Waals surface area contributed by atoms with E-state index in [0.717, 1.165) is 62.7 Å². The molecule has 0 radical (unpaired) electrons. The van der Waals surface area contributed by atoms with Crippen LogP contribution < -0.4 is 11.1 Å². The summed E-state index contributed by atoms with van der Waals surface area (Å²) in [4.78, 5) is 18.2. The Morgan fingerprint density at radius 3 is 2.21 bits per heavy atom. The first-order valence-electron chi connectivity index (χ1n) is 11.3. The number of hydrogen-bond donors (Lipinski definition) is 2. The Morgan fingerprint density at radius 1 is 1.11 bits per heavy atom. The smallest absolute Gasteiger partial charge is 0.249 e. The summed E-state index contributed by atoms with van der Waals surface area (Å²) in [6.45, 7) is 4.20. The molecule has 6 heteroatoms. The Morgan fingerprint density at radius 2 is 1.68 bits per heavy atom. The molecule has 0 saturated heterocycles. The Kier molecular flexibility index (Phi) is 4.34. The van der Waals surface area contributed by atoms with Crippen LogP contribution in [0.2, 0.25) is 0 Å². The minimum absolute atomic E-state index is 0.161. The molecular formula is C22H34N4O2. The summed E-state index contributed by atoms with van der Waals surface area (Å²) in [5.41, 5.74) is 5.87. The molecule has 5 aliphatic rings. The van der Waals surface area contributed by atoms with Crippen molar-refractivity contribution >= 4 is 5.91 Å². The highest BCUT2D eigenvalue weighted by Crippen LogP contribution is 2.60. The van der Waals surface area contributed by atoms with E-state index in [0.29, 0.717) is 11.7 Å². The van der Waals surface area contributed by atoms with Gasteiger partial charge in [-0.2, -0.15) is 4.98 Å². The van der Waals surface area contributed by atoms with Gasteiger partial charge in [0.1, 0.15) is 6.04 Å². The van der Waals surface area contributed by atoms with Crippen LogP contribution in [0.4, 0.5) is 0 Å². The fourth-order valence-corrected chi connectivity index (χ4v) is 6.99. The van der Waals surface area contributed by atoms with Crippen LogP contribution >= 0.6 is 0 Å². The molecular weight excluding hydrogens is 352 g/mol. The minimum Gasteiger partial charge on any atom is -0.344 e. The second-order valence-electron chi connectivity index (χ2n) is 10.7. The monoisotopic (exact) mass is 386 g/mol. The van der Waals surface area contributed by atoms with Crippen LogP contribution in [0.5, 0.6) is 0 Å². The largest absolute Gasteiger partial charge is 0.344 e. The molecule has 1 atom stereocenters. The number of nitrogens with zero attached hydrogens (tertiary/aromatic N) is 2. The summed E-state index contributed by atoms with van der Waals surface area (Å²) in [5.74, 6) is 3.78. The quantitative estimate of drug-likeness (QED) is 0.802. The van der Waals surface area contributed by atoms with Crippen LogP contribution in [-0.4, -0.2) is 16.0 Å². The lowest BCUT2D eigenvalue weighted by atomic mass is 9.49. The van der Waals surface area contributed by atoms with Crippen LogP contribution in [0.1, 0.15) is 95.8 Å². The summed E-state index contributed by atoms with van der Waals surface area (Å²) < 4.78 is 5.63. The average Bonchev–Trinajstić information content (AvgIpc) is 3.28. The van der Waals surface area contributed by atoms with Crippen molar-refractivity contribution in [1.29, 1.82) is 0 Å². The molecule has 3 N–H and O–H groups in total. The second-order valence-corrected chi connectivity index (χ2v) is 10.7. The van der Waals surface area contributed by atoms with Crippen LogP contribution in [0.3, 0.4) is 0 Å². The third-order valence-electron chi connectivity index (χ3n) is 8.12. The number of carbonyl (C=O) groups excluding carboxylic acids is 1. The van der Waals surface area contributed by atoms with Crippen molar-refractivity contribution in [2.45, 2.75) is 89.6 Å². The summed E-state index contributed by atoms with van der Waals surface area (Å²) in [6, 6.07) is -0.244. The number of aromatic nitrogens is 2. The molecule has 1 amide bonds. The molecule has 0 aliphatic heterocycles. The number of hydrogen-bond acceptors (Lipinski definition) is 5. The van der Waals surface area contributed by atoms with E-state index >= 15 is 0 Å². The first-order valence-corrected chi connectivity index (χ1v) is 11.3. The van der Waals surface area contributed by atoms with Gasteiger partial charge in [0.25, 0.3) is 0 Å². The van der Waals surface area contributed by atoms with E-state index in [1.54, 1.807) is 0 Å².